The number of nitrogens with zero attached hydrogens (tertiary/aromatic N) is 2. The summed E-state index contributed by atoms with van der Waals surface area (Å²) < 4.78 is 5.71. The normalized spacial score (nSPS) is 41.2. The van der Waals surface area contributed by atoms with Crippen molar-refractivity contribution in [2.75, 3.05) is 26.7 Å². The Morgan fingerprint density at radius 2 is 1.85 bits per heavy atom. The van der Waals surface area contributed by atoms with Gasteiger partial charge in [0, 0.05) is 44.2 Å². The summed E-state index contributed by atoms with van der Waals surface area (Å²) in [5.41, 5.74) is 5.66. The molecule has 3 aliphatic carbocycles. The van der Waals surface area contributed by atoms with Crippen LogP contribution in [0.25, 0.3) is 0 Å². The van der Waals surface area contributed by atoms with Gasteiger partial charge in [-0.3, -0.25) is 15.1 Å². The van der Waals surface area contributed by atoms with Gasteiger partial charge in [-0.1, -0.05) is 26.7 Å². The maximum absolute atomic E-state index is 11.8. The number of hydrogen-bond donors (Lipinski definition) is 4. The van der Waals surface area contributed by atoms with Gasteiger partial charge in [-0.05, 0) is 76.5 Å². The first-order valence-electron chi connectivity index (χ1n) is 14.1. The van der Waals surface area contributed by atoms with E-state index in [0.29, 0.717) is 36.4 Å². The van der Waals surface area contributed by atoms with Crippen LogP contribution < -0.4 is 11.1 Å². The second-order valence-corrected chi connectivity index (χ2v) is 12.5. The highest BCUT2D eigenvalue weighted by Gasteiger charge is 2.47. The molecule has 1 aliphatic heterocycles. The number of nitrogens with two attached hydrogens (primary N) is 1. The molecule has 7 nitrogen and oxygen atoms in total. The molecule has 8 atom stereocenters. The maximum Gasteiger partial charge on any atom is 0.113 e. The highest BCUT2D eigenvalue weighted by molar-refractivity contribution is 4.98. The summed E-state index contributed by atoms with van der Waals surface area (Å²) in [5.74, 6) is 1.13. The number of hydrogen-bond acceptors (Lipinski definition) is 7. The van der Waals surface area contributed by atoms with Gasteiger partial charge < -0.3 is 20.7 Å². The zero-order valence-electron chi connectivity index (χ0n) is 22.2. The Labute approximate surface area is 207 Å². The van der Waals surface area contributed by atoms with Crippen molar-refractivity contribution < 1.29 is 14.9 Å². The largest absolute Gasteiger partial charge is 0.381 e. The predicted molar refractivity (Wildman–Crippen MR) is 136 cm³/mol. The molecule has 0 aromatic carbocycles. The summed E-state index contributed by atoms with van der Waals surface area (Å²) in [6.45, 7) is 9.96. The summed E-state index contributed by atoms with van der Waals surface area (Å²) in [4.78, 5) is 5.05. The minimum Gasteiger partial charge on any atom is -0.381 e. The number of aliphatic hydroxyl groups is 2. The average molecular weight is 481 g/mol. The maximum atomic E-state index is 11.8. The molecule has 0 aromatic rings. The fourth-order valence-corrected chi connectivity index (χ4v) is 7.31. The van der Waals surface area contributed by atoms with Crippen LogP contribution in [0.4, 0.5) is 0 Å². The Morgan fingerprint density at radius 3 is 2.53 bits per heavy atom. The fourth-order valence-electron chi connectivity index (χ4n) is 7.31. The van der Waals surface area contributed by atoms with Gasteiger partial charge in [-0.15, -0.1) is 0 Å². The summed E-state index contributed by atoms with van der Waals surface area (Å²) in [7, 11) is 1.85. The molecule has 7 unspecified atom stereocenters. The second-order valence-electron chi connectivity index (χ2n) is 12.5. The Morgan fingerprint density at radius 1 is 1.09 bits per heavy atom. The lowest BCUT2D eigenvalue weighted by Gasteiger charge is -2.53. The van der Waals surface area contributed by atoms with E-state index in [9.17, 15) is 10.2 Å². The number of aliphatic hydroxyl groups excluding tert-OH is 2. The van der Waals surface area contributed by atoms with Gasteiger partial charge in [0.15, 0.2) is 0 Å². The van der Waals surface area contributed by atoms with Gasteiger partial charge in [0.2, 0.25) is 0 Å². The van der Waals surface area contributed by atoms with Crippen LogP contribution in [0, 0.1) is 17.3 Å². The highest BCUT2D eigenvalue weighted by Crippen LogP contribution is 2.47. The molecule has 1 heterocycles. The van der Waals surface area contributed by atoms with Crippen LogP contribution in [0.15, 0.2) is 0 Å². The van der Waals surface area contributed by atoms with E-state index in [1.165, 1.54) is 25.7 Å². The van der Waals surface area contributed by atoms with Gasteiger partial charge in [-0.25, -0.2) is 0 Å². The van der Waals surface area contributed by atoms with Crippen LogP contribution in [-0.4, -0.2) is 83.1 Å². The number of ether oxygens (including phenoxy) is 1. The van der Waals surface area contributed by atoms with Gasteiger partial charge in [-0.2, -0.15) is 0 Å². The first-order chi connectivity index (χ1) is 16.1. The third-order valence-corrected chi connectivity index (χ3v) is 10.0. The van der Waals surface area contributed by atoms with Crippen LogP contribution in [0.3, 0.4) is 0 Å². The van der Waals surface area contributed by atoms with Crippen molar-refractivity contribution in [3.63, 3.8) is 0 Å². The van der Waals surface area contributed by atoms with E-state index in [1.807, 2.05) is 7.11 Å². The fraction of sp³-hybridized carbons (Fsp3) is 1.00. The van der Waals surface area contributed by atoms with E-state index in [0.717, 1.165) is 58.2 Å². The molecular formula is C27H52N4O3. The lowest BCUT2D eigenvalue weighted by atomic mass is 9.64. The van der Waals surface area contributed by atoms with Gasteiger partial charge >= 0.3 is 0 Å². The van der Waals surface area contributed by atoms with Crippen molar-refractivity contribution in [2.45, 2.75) is 128 Å². The van der Waals surface area contributed by atoms with E-state index in [1.54, 1.807) is 0 Å². The van der Waals surface area contributed by atoms with Crippen molar-refractivity contribution in [2.24, 2.45) is 23.0 Å². The van der Waals surface area contributed by atoms with Gasteiger partial charge in [0.25, 0.3) is 0 Å². The molecule has 4 fully saturated rings. The van der Waals surface area contributed by atoms with Crippen LogP contribution in [0.2, 0.25) is 0 Å². The van der Waals surface area contributed by atoms with Crippen molar-refractivity contribution in [1.82, 2.24) is 15.1 Å². The third kappa shape index (κ3) is 5.99. The predicted octanol–water partition coefficient (Wildman–Crippen LogP) is 2.85. The first-order valence-corrected chi connectivity index (χ1v) is 14.1. The summed E-state index contributed by atoms with van der Waals surface area (Å²) in [5, 5.41) is 25.5. The molecule has 4 rings (SSSR count). The minimum atomic E-state index is -0.549. The van der Waals surface area contributed by atoms with E-state index in [-0.39, 0.29) is 11.1 Å². The van der Waals surface area contributed by atoms with Crippen molar-refractivity contribution in [1.29, 1.82) is 0 Å². The second kappa shape index (κ2) is 11.0. The SMILES string of the molecule is COC1CCC(C)C(N2CCN(C(O)C3(C)CCCCC3CCC(O)NC3(N)CC3)[C@H](C)C2)C1. The van der Waals surface area contributed by atoms with E-state index in [2.05, 4.69) is 35.9 Å². The molecule has 198 valence electrons. The van der Waals surface area contributed by atoms with Gasteiger partial charge in [0.05, 0.1) is 11.8 Å². The molecule has 0 radical (unpaired) electrons. The smallest absolute Gasteiger partial charge is 0.113 e. The Kier molecular flexibility index (Phi) is 8.66. The molecule has 7 heteroatoms. The number of rotatable bonds is 9. The van der Waals surface area contributed by atoms with Crippen LogP contribution in [0.1, 0.15) is 91.4 Å². The van der Waals surface area contributed by atoms with Crippen molar-refractivity contribution in [3.8, 4) is 0 Å². The molecule has 34 heavy (non-hydrogen) atoms. The molecule has 3 saturated carbocycles. The summed E-state index contributed by atoms with van der Waals surface area (Å²) in [6.07, 6.45) is 11.1. The molecule has 0 bridgehead atoms. The Balaban J connectivity index is 1.35. The van der Waals surface area contributed by atoms with Crippen LogP contribution in [0.5, 0.6) is 0 Å². The molecule has 5 N–H and O–H groups in total. The third-order valence-electron chi connectivity index (χ3n) is 10.0. The van der Waals surface area contributed by atoms with Crippen molar-refractivity contribution in [3.05, 3.63) is 0 Å². The van der Waals surface area contributed by atoms with Crippen LogP contribution >= 0.6 is 0 Å². The van der Waals surface area contributed by atoms with Crippen molar-refractivity contribution >= 4 is 0 Å². The molecule has 1 saturated heterocycles. The molecular weight excluding hydrogens is 428 g/mol. The molecule has 0 amide bonds. The van der Waals surface area contributed by atoms with E-state index < -0.39 is 12.5 Å². The van der Waals surface area contributed by atoms with Crippen LogP contribution in [-0.2, 0) is 4.74 Å². The minimum absolute atomic E-state index is 0.131. The number of piperazine rings is 1. The molecule has 4 aliphatic rings. The van der Waals surface area contributed by atoms with Gasteiger partial charge in [0.1, 0.15) is 12.5 Å². The molecule has 0 aromatic heterocycles. The van der Waals surface area contributed by atoms with E-state index >= 15 is 0 Å². The topological polar surface area (TPSA) is 94.2 Å². The summed E-state index contributed by atoms with van der Waals surface area (Å²) in [6, 6.07) is 0.919. The lowest BCUT2D eigenvalue weighted by Crippen LogP contribution is -2.63. The quantitative estimate of drug-likeness (QED) is 0.377. The lowest BCUT2D eigenvalue weighted by molar-refractivity contribution is -0.158. The zero-order valence-corrected chi connectivity index (χ0v) is 22.2. The highest BCUT2D eigenvalue weighted by atomic mass is 16.5. The van der Waals surface area contributed by atoms with E-state index in [4.69, 9.17) is 10.5 Å². The summed E-state index contributed by atoms with van der Waals surface area (Å²) >= 11 is 0. The Bertz CT molecular complexity index is 662. The number of methoxy groups -OCH3 is 1. The molecule has 0 spiro atoms. The standard InChI is InChI=1S/C27H52N4O3/c1-19-8-10-22(34-4)17-23(19)30-15-16-31(20(2)18-30)25(33)26(3)12-6-5-7-21(26)9-11-24(32)29-27(28)13-14-27/h19-25,29,32-33H,5-18,28H2,1-4H3/t19?,20-,21?,22?,23?,24?,25?,26?/m1/s1. The first kappa shape index (κ1) is 26.8. The average Bonchev–Trinajstić information content (AvgIpc) is 3.54. The zero-order chi connectivity index (χ0) is 24.5. The Hall–Kier alpha value is -0.280. The number of nitrogens with one attached hydrogen (secondary N) is 1. The monoisotopic (exact) mass is 480 g/mol.